The lowest BCUT2D eigenvalue weighted by Gasteiger charge is -2.05. The summed E-state index contributed by atoms with van der Waals surface area (Å²) in [5.41, 5.74) is 17.7. The molecule has 2 aromatic rings. The van der Waals surface area contributed by atoms with Crippen molar-refractivity contribution < 1.29 is 9.53 Å². The van der Waals surface area contributed by atoms with E-state index in [1.54, 1.807) is 48.5 Å². The van der Waals surface area contributed by atoms with Gasteiger partial charge in [-0.1, -0.05) is 0 Å². The fourth-order valence-electron chi connectivity index (χ4n) is 1.52. The Bertz CT molecular complexity index is 629. The zero-order valence-corrected chi connectivity index (χ0v) is 10.6. The third-order valence-electron chi connectivity index (χ3n) is 2.45. The molecule has 0 saturated heterocycles. The molecule has 0 amide bonds. The standard InChI is InChI=1S/C14H14N4O2/c15-10-3-1-9(2-4-10)13(19)20-12-7-5-11(6-8-12)18-14(16)17/h1-8H,15H2,(H4,16,17,18). The Labute approximate surface area is 115 Å². The van der Waals surface area contributed by atoms with Gasteiger partial charge in [0.25, 0.3) is 0 Å². The number of ether oxygens (including phenoxy) is 1. The number of anilines is 1. The average Bonchev–Trinajstić information content (AvgIpc) is 2.41. The van der Waals surface area contributed by atoms with Crippen molar-refractivity contribution in [2.75, 3.05) is 5.73 Å². The van der Waals surface area contributed by atoms with Crippen LogP contribution in [0.4, 0.5) is 11.4 Å². The molecule has 2 aromatic carbocycles. The Kier molecular flexibility index (Phi) is 3.85. The molecule has 0 bridgehead atoms. The Balaban J connectivity index is 2.08. The summed E-state index contributed by atoms with van der Waals surface area (Å²) in [6, 6.07) is 13.0. The van der Waals surface area contributed by atoms with E-state index in [2.05, 4.69) is 4.99 Å². The van der Waals surface area contributed by atoms with Crippen LogP contribution < -0.4 is 21.9 Å². The lowest BCUT2D eigenvalue weighted by atomic mass is 10.2. The van der Waals surface area contributed by atoms with E-state index >= 15 is 0 Å². The quantitative estimate of drug-likeness (QED) is 0.256. The largest absolute Gasteiger partial charge is 0.423 e. The first-order valence-corrected chi connectivity index (χ1v) is 5.82. The molecule has 6 nitrogen and oxygen atoms in total. The molecule has 0 radical (unpaired) electrons. The SMILES string of the molecule is NC(N)=Nc1ccc(OC(=O)c2ccc(N)cc2)cc1. The predicted octanol–water partition coefficient (Wildman–Crippen LogP) is 1.39. The van der Waals surface area contributed by atoms with Gasteiger partial charge in [-0.2, -0.15) is 0 Å². The number of esters is 1. The Morgan fingerprint density at radius 1 is 0.950 bits per heavy atom. The Morgan fingerprint density at radius 2 is 1.55 bits per heavy atom. The number of nitrogens with zero attached hydrogens (tertiary/aromatic N) is 1. The predicted molar refractivity (Wildman–Crippen MR) is 77.7 cm³/mol. The van der Waals surface area contributed by atoms with Crippen molar-refractivity contribution in [2.45, 2.75) is 0 Å². The van der Waals surface area contributed by atoms with Gasteiger partial charge in [0, 0.05) is 5.69 Å². The fraction of sp³-hybridized carbons (Fsp3) is 0. The van der Waals surface area contributed by atoms with Gasteiger partial charge in [0.15, 0.2) is 5.96 Å². The maximum absolute atomic E-state index is 11.9. The number of hydrogen-bond acceptors (Lipinski definition) is 4. The van der Waals surface area contributed by atoms with Gasteiger partial charge in [0.2, 0.25) is 0 Å². The molecule has 0 aliphatic carbocycles. The van der Waals surface area contributed by atoms with E-state index in [9.17, 15) is 4.79 Å². The minimum Gasteiger partial charge on any atom is -0.423 e. The van der Waals surface area contributed by atoms with Crippen LogP contribution in [0.15, 0.2) is 53.5 Å². The van der Waals surface area contributed by atoms with E-state index < -0.39 is 5.97 Å². The number of guanidine groups is 1. The summed E-state index contributed by atoms with van der Waals surface area (Å²) < 4.78 is 5.21. The molecule has 0 spiro atoms. The summed E-state index contributed by atoms with van der Waals surface area (Å²) in [5, 5.41) is 0. The summed E-state index contributed by atoms with van der Waals surface area (Å²) in [6.45, 7) is 0. The van der Waals surface area contributed by atoms with E-state index in [1.807, 2.05) is 0 Å². The van der Waals surface area contributed by atoms with E-state index in [1.165, 1.54) is 0 Å². The first-order chi connectivity index (χ1) is 9.54. The molecule has 0 aliphatic heterocycles. The highest BCUT2D eigenvalue weighted by Crippen LogP contribution is 2.19. The van der Waals surface area contributed by atoms with Crippen molar-refractivity contribution in [3.8, 4) is 5.75 Å². The van der Waals surface area contributed by atoms with Crippen molar-refractivity contribution in [3.63, 3.8) is 0 Å². The van der Waals surface area contributed by atoms with E-state index in [0.29, 0.717) is 22.7 Å². The third kappa shape index (κ3) is 3.49. The topological polar surface area (TPSA) is 117 Å². The average molecular weight is 270 g/mol. The number of nitrogens with two attached hydrogens (primary N) is 3. The summed E-state index contributed by atoms with van der Waals surface area (Å²) >= 11 is 0. The Morgan fingerprint density at radius 3 is 2.10 bits per heavy atom. The number of nitrogen functional groups attached to an aromatic ring is 1. The molecular weight excluding hydrogens is 256 g/mol. The summed E-state index contributed by atoms with van der Waals surface area (Å²) in [7, 11) is 0. The van der Waals surface area contributed by atoms with Crippen molar-refractivity contribution in [1.29, 1.82) is 0 Å². The molecule has 0 heterocycles. The lowest BCUT2D eigenvalue weighted by Crippen LogP contribution is -2.21. The van der Waals surface area contributed by atoms with E-state index in [4.69, 9.17) is 21.9 Å². The van der Waals surface area contributed by atoms with Gasteiger partial charge in [0.1, 0.15) is 5.75 Å². The highest BCUT2D eigenvalue weighted by atomic mass is 16.5. The van der Waals surface area contributed by atoms with Crippen LogP contribution in [-0.2, 0) is 0 Å². The van der Waals surface area contributed by atoms with Gasteiger partial charge in [-0.05, 0) is 48.5 Å². The first kappa shape index (κ1) is 13.4. The molecule has 0 unspecified atom stereocenters. The maximum atomic E-state index is 11.9. The van der Waals surface area contributed by atoms with Gasteiger partial charge >= 0.3 is 5.97 Å². The van der Waals surface area contributed by atoms with Crippen molar-refractivity contribution in [2.24, 2.45) is 16.5 Å². The minimum atomic E-state index is -0.459. The Hall–Kier alpha value is -3.02. The molecule has 2 rings (SSSR count). The van der Waals surface area contributed by atoms with Crippen LogP contribution in [0.3, 0.4) is 0 Å². The number of aliphatic imine (C=N–C) groups is 1. The summed E-state index contributed by atoms with van der Waals surface area (Å²) in [4.78, 5) is 15.7. The number of rotatable bonds is 3. The van der Waals surface area contributed by atoms with Gasteiger partial charge in [0.05, 0.1) is 11.3 Å². The molecule has 0 atom stereocenters. The van der Waals surface area contributed by atoms with Gasteiger partial charge in [-0.25, -0.2) is 9.79 Å². The molecule has 0 aromatic heterocycles. The van der Waals surface area contributed by atoms with E-state index in [-0.39, 0.29) is 5.96 Å². The van der Waals surface area contributed by atoms with Crippen molar-refractivity contribution >= 4 is 23.3 Å². The molecule has 6 heteroatoms. The summed E-state index contributed by atoms with van der Waals surface area (Å²) in [6.07, 6.45) is 0. The maximum Gasteiger partial charge on any atom is 0.343 e. The molecule has 0 fully saturated rings. The normalized spacial score (nSPS) is 9.80. The van der Waals surface area contributed by atoms with Crippen molar-refractivity contribution in [3.05, 3.63) is 54.1 Å². The van der Waals surface area contributed by atoms with Gasteiger partial charge < -0.3 is 21.9 Å². The molecule has 0 aliphatic rings. The minimum absolute atomic E-state index is 0.0309. The van der Waals surface area contributed by atoms with Gasteiger partial charge in [-0.15, -0.1) is 0 Å². The van der Waals surface area contributed by atoms with Crippen LogP contribution >= 0.6 is 0 Å². The number of carbonyl (C=O) groups excluding carboxylic acids is 1. The molecule has 102 valence electrons. The highest BCUT2D eigenvalue weighted by molar-refractivity contribution is 5.91. The van der Waals surface area contributed by atoms with Gasteiger partial charge in [-0.3, -0.25) is 0 Å². The number of carbonyl (C=O) groups is 1. The second-order valence-electron chi connectivity index (χ2n) is 4.04. The third-order valence-corrected chi connectivity index (χ3v) is 2.45. The highest BCUT2D eigenvalue weighted by Gasteiger charge is 2.08. The molecule has 0 saturated carbocycles. The van der Waals surface area contributed by atoms with Crippen LogP contribution in [0.2, 0.25) is 0 Å². The first-order valence-electron chi connectivity index (χ1n) is 5.82. The monoisotopic (exact) mass is 270 g/mol. The van der Waals surface area contributed by atoms with Crippen molar-refractivity contribution in [1.82, 2.24) is 0 Å². The second-order valence-corrected chi connectivity index (χ2v) is 4.04. The van der Waals surface area contributed by atoms with E-state index in [0.717, 1.165) is 0 Å². The lowest BCUT2D eigenvalue weighted by molar-refractivity contribution is 0.0735. The second kappa shape index (κ2) is 5.75. The smallest absolute Gasteiger partial charge is 0.343 e. The number of hydrogen-bond donors (Lipinski definition) is 3. The van der Waals surface area contributed by atoms with Crippen LogP contribution in [0.25, 0.3) is 0 Å². The van der Waals surface area contributed by atoms with Crippen LogP contribution in [0.5, 0.6) is 5.75 Å². The zero-order chi connectivity index (χ0) is 14.5. The molecule has 6 N–H and O–H groups in total. The number of benzene rings is 2. The summed E-state index contributed by atoms with van der Waals surface area (Å²) in [5.74, 6) is -0.0856. The molecule has 20 heavy (non-hydrogen) atoms. The molecular formula is C14H14N4O2. The fourth-order valence-corrected chi connectivity index (χ4v) is 1.52. The van der Waals surface area contributed by atoms with Crippen LogP contribution in [-0.4, -0.2) is 11.9 Å². The van der Waals surface area contributed by atoms with Crippen LogP contribution in [0, 0.1) is 0 Å². The zero-order valence-electron chi connectivity index (χ0n) is 10.6. The van der Waals surface area contributed by atoms with Crippen LogP contribution in [0.1, 0.15) is 10.4 Å².